The van der Waals surface area contributed by atoms with E-state index in [-0.39, 0.29) is 11.9 Å². The van der Waals surface area contributed by atoms with Gasteiger partial charge in [0.1, 0.15) is 11.5 Å². The van der Waals surface area contributed by atoms with Crippen molar-refractivity contribution < 1.29 is 14.3 Å². The molecule has 0 spiro atoms. The first-order valence-corrected chi connectivity index (χ1v) is 8.21. The normalized spacial score (nSPS) is 16.4. The number of methoxy groups -OCH3 is 2. The lowest BCUT2D eigenvalue weighted by Crippen LogP contribution is -2.30. The summed E-state index contributed by atoms with van der Waals surface area (Å²) in [6.07, 6.45) is 1.82. The zero-order chi connectivity index (χ0) is 17.8. The number of likely N-dealkylation sites (tertiary alicyclic amines) is 1. The molecule has 1 unspecified atom stereocenters. The van der Waals surface area contributed by atoms with E-state index in [1.54, 1.807) is 38.5 Å². The zero-order valence-electron chi connectivity index (χ0n) is 14.4. The molecule has 1 fully saturated rings. The van der Waals surface area contributed by atoms with E-state index in [0.29, 0.717) is 17.7 Å². The van der Waals surface area contributed by atoms with Gasteiger partial charge in [0, 0.05) is 23.7 Å². The van der Waals surface area contributed by atoms with E-state index in [1.807, 2.05) is 23.1 Å². The monoisotopic (exact) mass is 336 g/mol. The van der Waals surface area contributed by atoms with Crippen molar-refractivity contribution >= 4 is 5.91 Å². The Morgan fingerprint density at radius 3 is 2.76 bits per heavy atom. The maximum atomic E-state index is 13.0. The van der Waals surface area contributed by atoms with E-state index in [1.165, 1.54) is 0 Å². The molecule has 5 nitrogen and oxygen atoms in total. The fourth-order valence-electron chi connectivity index (χ4n) is 3.31. The molecule has 5 heteroatoms. The van der Waals surface area contributed by atoms with Crippen LogP contribution in [-0.4, -0.2) is 31.6 Å². The molecule has 1 heterocycles. The molecule has 3 rings (SSSR count). The first-order valence-electron chi connectivity index (χ1n) is 8.21. The van der Waals surface area contributed by atoms with Crippen molar-refractivity contribution in [2.75, 3.05) is 20.8 Å². The molecular weight excluding hydrogens is 316 g/mol. The van der Waals surface area contributed by atoms with Crippen molar-refractivity contribution in [3.63, 3.8) is 0 Å². The molecule has 0 saturated carbocycles. The molecule has 0 aliphatic carbocycles. The number of benzene rings is 2. The summed E-state index contributed by atoms with van der Waals surface area (Å²) >= 11 is 0. The van der Waals surface area contributed by atoms with Crippen molar-refractivity contribution in [3.8, 4) is 17.6 Å². The van der Waals surface area contributed by atoms with Crippen LogP contribution in [0.1, 0.15) is 40.4 Å². The maximum Gasteiger partial charge on any atom is 0.254 e. The fourth-order valence-corrected chi connectivity index (χ4v) is 3.31. The van der Waals surface area contributed by atoms with Crippen LogP contribution < -0.4 is 9.47 Å². The largest absolute Gasteiger partial charge is 0.497 e. The Morgan fingerprint density at radius 1 is 1.20 bits per heavy atom. The zero-order valence-corrected chi connectivity index (χ0v) is 14.4. The van der Waals surface area contributed by atoms with E-state index >= 15 is 0 Å². The van der Waals surface area contributed by atoms with Gasteiger partial charge in [0.05, 0.1) is 31.9 Å². The van der Waals surface area contributed by atoms with Crippen LogP contribution in [0.4, 0.5) is 0 Å². The summed E-state index contributed by atoms with van der Waals surface area (Å²) in [5.74, 6) is 1.38. The van der Waals surface area contributed by atoms with Gasteiger partial charge in [0.25, 0.3) is 5.91 Å². The number of carbonyl (C=O) groups is 1. The molecule has 2 aromatic rings. The topological polar surface area (TPSA) is 62.6 Å². The van der Waals surface area contributed by atoms with Gasteiger partial charge in [-0.05, 0) is 43.2 Å². The summed E-state index contributed by atoms with van der Waals surface area (Å²) in [5.41, 5.74) is 2.01. The number of nitriles is 1. The van der Waals surface area contributed by atoms with Crippen molar-refractivity contribution in [1.29, 1.82) is 5.26 Å². The molecule has 0 radical (unpaired) electrons. The summed E-state index contributed by atoms with van der Waals surface area (Å²) in [6, 6.07) is 14.6. The molecule has 0 N–H and O–H groups in total. The molecule has 128 valence electrons. The lowest BCUT2D eigenvalue weighted by atomic mass is 10.0. The minimum atomic E-state index is -0.0579. The number of nitrogens with zero attached hydrogens (tertiary/aromatic N) is 2. The SMILES string of the molecule is COc1ccc(C2CCCN2C(=O)c2cccc(C#N)c2)c(OC)c1. The number of hydrogen-bond donors (Lipinski definition) is 0. The van der Waals surface area contributed by atoms with Crippen LogP contribution in [-0.2, 0) is 0 Å². The van der Waals surface area contributed by atoms with Crippen LogP contribution in [0, 0.1) is 11.3 Å². The number of carbonyl (C=O) groups excluding carboxylic acids is 1. The number of ether oxygens (including phenoxy) is 2. The summed E-state index contributed by atoms with van der Waals surface area (Å²) in [7, 11) is 3.23. The maximum absolute atomic E-state index is 13.0. The second-order valence-corrected chi connectivity index (χ2v) is 5.96. The van der Waals surface area contributed by atoms with Gasteiger partial charge < -0.3 is 14.4 Å². The molecular formula is C20H20N2O3. The van der Waals surface area contributed by atoms with Gasteiger partial charge in [-0.3, -0.25) is 4.79 Å². The molecule has 1 aliphatic rings. The third-order valence-electron chi connectivity index (χ3n) is 4.55. The number of amides is 1. The molecule has 1 aliphatic heterocycles. The Labute approximate surface area is 147 Å². The van der Waals surface area contributed by atoms with E-state index < -0.39 is 0 Å². The van der Waals surface area contributed by atoms with Crippen molar-refractivity contribution in [3.05, 3.63) is 59.2 Å². The van der Waals surface area contributed by atoms with E-state index in [4.69, 9.17) is 14.7 Å². The predicted octanol–water partition coefficient (Wildman–Crippen LogP) is 3.55. The Kier molecular flexibility index (Phi) is 4.90. The van der Waals surface area contributed by atoms with Crippen LogP contribution in [0.15, 0.2) is 42.5 Å². The minimum Gasteiger partial charge on any atom is -0.497 e. The van der Waals surface area contributed by atoms with Crippen LogP contribution in [0.3, 0.4) is 0 Å². The molecule has 2 aromatic carbocycles. The lowest BCUT2D eigenvalue weighted by molar-refractivity contribution is 0.0734. The highest BCUT2D eigenvalue weighted by molar-refractivity contribution is 5.95. The van der Waals surface area contributed by atoms with E-state index in [0.717, 1.165) is 29.9 Å². The molecule has 1 atom stereocenters. The van der Waals surface area contributed by atoms with Crippen LogP contribution >= 0.6 is 0 Å². The molecule has 25 heavy (non-hydrogen) atoms. The Hall–Kier alpha value is -3.00. The lowest BCUT2D eigenvalue weighted by Gasteiger charge is -2.26. The average Bonchev–Trinajstić information content (AvgIpc) is 3.16. The van der Waals surface area contributed by atoms with Gasteiger partial charge in [0.2, 0.25) is 0 Å². The summed E-state index contributed by atoms with van der Waals surface area (Å²) < 4.78 is 10.8. The molecule has 1 amide bonds. The fraction of sp³-hybridized carbons (Fsp3) is 0.300. The van der Waals surface area contributed by atoms with Crippen LogP contribution in [0.2, 0.25) is 0 Å². The summed E-state index contributed by atoms with van der Waals surface area (Å²) in [6.45, 7) is 0.690. The van der Waals surface area contributed by atoms with Gasteiger partial charge in [-0.2, -0.15) is 5.26 Å². The standard InChI is InChI=1S/C20H20N2O3/c1-24-16-8-9-17(19(12-16)25-2)18-7-4-10-22(18)20(23)15-6-3-5-14(11-15)13-21/h3,5-6,8-9,11-12,18H,4,7,10H2,1-2H3. The van der Waals surface area contributed by atoms with Gasteiger partial charge >= 0.3 is 0 Å². The van der Waals surface area contributed by atoms with Crippen molar-refractivity contribution in [2.45, 2.75) is 18.9 Å². The van der Waals surface area contributed by atoms with Gasteiger partial charge in [0.15, 0.2) is 0 Å². The minimum absolute atomic E-state index is 0.0425. The Morgan fingerprint density at radius 2 is 2.04 bits per heavy atom. The van der Waals surface area contributed by atoms with Gasteiger partial charge in [-0.25, -0.2) is 0 Å². The Balaban J connectivity index is 1.93. The number of hydrogen-bond acceptors (Lipinski definition) is 4. The smallest absolute Gasteiger partial charge is 0.254 e. The third-order valence-corrected chi connectivity index (χ3v) is 4.55. The third kappa shape index (κ3) is 3.29. The summed E-state index contributed by atoms with van der Waals surface area (Å²) in [4.78, 5) is 14.8. The molecule has 0 aromatic heterocycles. The average molecular weight is 336 g/mol. The first-order chi connectivity index (χ1) is 12.2. The molecule has 1 saturated heterocycles. The first kappa shape index (κ1) is 16.8. The second kappa shape index (κ2) is 7.27. The highest BCUT2D eigenvalue weighted by Crippen LogP contribution is 2.39. The van der Waals surface area contributed by atoms with Gasteiger partial charge in [-0.1, -0.05) is 6.07 Å². The second-order valence-electron chi connectivity index (χ2n) is 5.96. The van der Waals surface area contributed by atoms with Crippen molar-refractivity contribution in [1.82, 2.24) is 4.90 Å². The van der Waals surface area contributed by atoms with E-state index in [2.05, 4.69) is 6.07 Å². The highest BCUT2D eigenvalue weighted by atomic mass is 16.5. The quantitative estimate of drug-likeness (QED) is 0.856. The van der Waals surface area contributed by atoms with E-state index in [9.17, 15) is 4.79 Å². The Bertz CT molecular complexity index is 826. The van der Waals surface area contributed by atoms with Crippen molar-refractivity contribution in [2.24, 2.45) is 0 Å². The van der Waals surface area contributed by atoms with Crippen LogP contribution in [0.25, 0.3) is 0 Å². The predicted molar refractivity (Wildman–Crippen MR) is 93.7 cm³/mol. The summed E-state index contributed by atoms with van der Waals surface area (Å²) in [5, 5.41) is 9.05. The highest BCUT2D eigenvalue weighted by Gasteiger charge is 2.32. The number of rotatable bonds is 4. The molecule has 0 bridgehead atoms. The van der Waals surface area contributed by atoms with Crippen LogP contribution in [0.5, 0.6) is 11.5 Å². The van der Waals surface area contributed by atoms with Gasteiger partial charge in [-0.15, -0.1) is 0 Å².